The Labute approximate surface area is 147 Å². The highest BCUT2D eigenvalue weighted by Crippen LogP contribution is 2.23. The van der Waals surface area contributed by atoms with Gasteiger partial charge < -0.3 is 9.80 Å². The first-order valence-corrected chi connectivity index (χ1v) is 8.62. The summed E-state index contributed by atoms with van der Waals surface area (Å²) in [7, 11) is 2.06. The van der Waals surface area contributed by atoms with Gasteiger partial charge in [-0.3, -0.25) is 0 Å². The van der Waals surface area contributed by atoms with Crippen LogP contribution in [0.25, 0.3) is 5.65 Å². The molecule has 1 fully saturated rings. The van der Waals surface area contributed by atoms with Crippen LogP contribution in [-0.2, 0) is 0 Å². The topological polar surface area (TPSA) is 75.3 Å². The van der Waals surface area contributed by atoms with E-state index in [0.29, 0.717) is 6.04 Å². The van der Waals surface area contributed by atoms with Crippen molar-refractivity contribution in [3.05, 3.63) is 35.3 Å². The van der Waals surface area contributed by atoms with Gasteiger partial charge in [0, 0.05) is 38.6 Å². The summed E-state index contributed by atoms with van der Waals surface area (Å²) < 4.78 is 2.60. The van der Waals surface area contributed by atoms with Gasteiger partial charge in [-0.25, -0.2) is 9.97 Å². The van der Waals surface area contributed by atoms with Crippen LogP contribution in [0.4, 0.5) is 11.8 Å². The van der Waals surface area contributed by atoms with E-state index in [1.54, 1.807) is 23.2 Å². The number of piperidine rings is 1. The van der Waals surface area contributed by atoms with Crippen molar-refractivity contribution >= 4 is 33.3 Å². The second-order valence-electron chi connectivity index (χ2n) is 5.86. The molecule has 8 nitrogen and oxygen atoms in total. The Kier molecular flexibility index (Phi) is 4.01. The fourth-order valence-electron chi connectivity index (χ4n) is 3.02. The van der Waals surface area contributed by atoms with Crippen molar-refractivity contribution in [1.29, 1.82) is 0 Å². The van der Waals surface area contributed by atoms with Crippen molar-refractivity contribution in [2.75, 3.05) is 29.9 Å². The molecule has 0 aromatic carbocycles. The van der Waals surface area contributed by atoms with Crippen molar-refractivity contribution in [3.63, 3.8) is 0 Å². The Morgan fingerprint density at radius 2 is 1.92 bits per heavy atom. The van der Waals surface area contributed by atoms with Crippen molar-refractivity contribution in [1.82, 2.24) is 29.8 Å². The third-order valence-electron chi connectivity index (χ3n) is 4.41. The van der Waals surface area contributed by atoms with E-state index in [2.05, 4.69) is 58.0 Å². The zero-order chi connectivity index (χ0) is 16.5. The van der Waals surface area contributed by atoms with E-state index in [-0.39, 0.29) is 0 Å². The van der Waals surface area contributed by atoms with Gasteiger partial charge in [-0.05, 0) is 40.9 Å². The molecule has 124 valence electrons. The minimum Gasteiger partial charge on any atom is -0.355 e. The number of hydrogen-bond acceptors (Lipinski definition) is 7. The molecule has 3 aromatic heterocycles. The molecule has 1 aliphatic heterocycles. The van der Waals surface area contributed by atoms with Crippen LogP contribution in [0, 0.1) is 0 Å². The van der Waals surface area contributed by atoms with Gasteiger partial charge in [-0.1, -0.05) is 0 Å². The maximum absolute atomic E-state index is 4.57. The molecule has 0 amide bonds. The van der Waals surface area contributed by atoms with E-state index in [4.69, 9.17) is 0 Å². The quantitative estimate of drug-likeness (QED) is 0.676. The van der Waals surface area contributed by atoms with E-state index in [0.717, 1.165) is 47.8 Å². The summed E-state index contributed by atoms with van der Waals surface area (Å²) in [4.78, 5) is 13.2. The lowest BCUT2D eigenvalue weighted by atomic mass is 10.0. The Hall–Kier alpha value is -2.29. The monoisotopic (exact) mass is 388 g/mol. The molecule has 0 bridgehead atoms. The lowest BCUT2D eigenvalue weighted by Gasteiger charge is -2.37. The Morgan fingerprint density at radius 1 is 1.17 bits per heavy atom. The summed E-state index contributed by atoms with van der Waals surface area (Å²) in [6, 6.07) is 4.39. The van der Waals surface area contributed by atoms with Gasteiger partial charge in [-0.2, -0.15) is 4.52 Å². The average molecular weight is 389 g/mol. The summed E-state index contributed by atoms with van der Waals surface area (Å²) in [5.74, 6) is 1.73. The molecule has 4 rings (SSSR count). The van der Waals surface area contributed by atoms with E-state index in [9.17, 15) is 0 Å². The molecular weight excluding hydrogens is 372 g/mol. The number of aromatic nitrogens is 6. The fraction of sp³-hybridized carbons (Fsp3) is 0.400. The van der Waals surface area contributed by atoms with Crippen LogP contribution >= 0.6 is 15.9 Å². The summed E-state index contributed by atoms with van der Waals surface area (Å²) in [5, 5.41) is 12.4. The molecular formula is C15H17BrN8. The van der Waals surface area contributed by atoms with Gasteiger partial charge in [0.15, 0.2) is 5.65 Å². The molecule has 0 radical (unpaired) electrons. The summed E-state index contributed by atoms with van der Waals surface area (Å²) in [6.07, 6.45) is 7.28. The molecule has 1 aliphatic rings. The first-order chi connectivity index (χ1) is 11.7. The minimum atomic E-state index is 0.432. The maximum Gasteiger partial charge on any atom is 0.225 e. The summed E-state index contributed by atoms with van der Waals surface area (Å²) in [6.45, 7) is 1.90. The molecule has 0 atom stereocenters. The van der Waals surface area contributed by atoms with Crippen LogP contribution < -0.4 is 9.80 Å². The van der Waals surface area contributed by atoms with Crippen LogP contribution in [-0.4, -0.2) is 56.0 Å². The molecule has 0 saturated carbocycles. The third kappa shape index (κ3) is 2.91. The highest BCUT2D eigenvalue weighted by atomic mass is 79.9. The second-order valence-corrected chi connectivity index (χ2v) is 6.77. The van der Waals surface area contributed by atoms with Crippen molar-refractivity contribution in [3.8, 4) is 0 Å². The number of fused-ring (bicyclic) bond motifs is 1. The summed E-state index contributed by atoms with van der Waals surface area (Å²) >= 11 is 3.37. The number of hydrogen-bond donors (Lipinski definition) is 0. The standard InChI is InChI=1S/C15H17BrN8/c1-22(15-17-8-11(16)9-18-15)12-4-6-23(7-5-12)14-3-2-13-20-19-10-24(13)21-14/h2-3,8-10,12H,4-7H2,1H3. The highest BCUT2D eigenvalue weighted by Gasteiger charge is 2.24. The predicted octanol–water partition coefficient (Wildman–Crippen LogP) is 1.78. The van der Waals surface area contributed by atoms with Gasteiger partial charge in [0.05, 0.1) is 4.47 Å². The Bertz CT molecular complexity index is 825. The zero-order valence-electron chi connectivity index (χ0n) is 13.2. The number of anilines is 2. The van der Waals surface area contributed by atoms with Crippen LogP contribution in [0.5, 0.6) is 0 Å². The van der Waals surface area contributed by atoms with Crippen molar-refractivity contribution in [2.45, 2.75) is 18.9 Å². The molecule has 0 spiro atoms. The van der Waals surface area contributed by atoms with Crippen LogP contribution in [0.2, 0.25) is 0 Å². The molecule has 0 N–H and O–H groups in total. The SMILES string of the molecule is CN(c1ncc(Br)cn1)C1CCN(c2ccc3nncn3n2)CC1. The second kappa shape index (κ2) is 6.31. The molecule has 0 unspecified atom stereocenters. The molecule has 24 heavy (non-hydrogen) atoms. The normalized spacial score (nSPS) is 15.8. The first-order valence-electron chi connectivity index (χ1n) is 7.83. The molecule has 0 aliphatic carbocycles. The minimum absolute atomic E-state index is 0.432. The largest absolute Gasteiger partial charge is 0.355 e. The molecule has 4 heterocycles. The van der Waals surface area contributed by atoms with Gasteiger partial charge in [0.2, 0.25) is 5.95 Å². The van der Waals surface area contributed by atoms with Gasteiger partial charge in [0.1, 0.15) is 12.1 Å². The van der Waals surface area contributed by atoms with Gasteiger partial charge >= 0.3 is 0 Å². The fourth-order valence-corrected chi connectivity index (χ4v) is 3.22. The maximum atomic E-state index is 4.57. The van der Waals surface area contributed by atoms with E-state index >= 15 is 0 Å². The van der Waals surface area contributed by atoms with Gasteiger partial charge in [-0.15, -0.1) is 15.3 Å². The number of nitrogens with zero attached hydrogens (tertiary/aromatic N) is 8. The highest BCUT2D eigenvalue weighted by molar-refractivity contribution is 9.10. The Morgan fingerprint density at radius 3 is 2.67 bits per heavy atom. The van der Waals surface area contributed by atoms with E-state index in [1.807, 2.05) is 12.1 Å². The Balaban J connectivity index is 1.43. The van der Waals surface area contributed by atoms with Crippen molar-refractivity contribution in [2.24, 2.45) is 0 Å². The van der Waals surface area contributed by atoms with E-state index in [1.165, 1.54) is 0 Å². The lowest BCUT2D eigenvalue weighted by Crippen LogP contribution is -2.44. The summed E-state index contributed by atoms with van der Waals surface area (Å²) in [5.41, 5.74) is 0.765. The van der Waals surface area contributed by atoms with E-state index < -0.39 is 0 Å². The zero-order valence-corrected chi connectivity index (χ0v) is 14.8. The average Bonchev–Trinajstić information content (AvgIpc) is 3.09. The molecule has 9 heteroatoms. The first kappa shape index (κ1) is 15.3. The number of rotatable bonds is 3. The number of halogens is 1. The lowest BCUT2D eigenvalue weighted by molar-refractivity contribution is 0.474. The van der Waals surface area contributed by atoms with Crippen molar-refractivity contribution < 1.29 is 0 Å². The molecule has 3 aromatic rings. The van der Waals surface area contributed by atoms with Crippen LogP contribution in [0.1, 0.15) is 12.8 Å². The molecule has 1 saturated heterocycles. The van der Waals surface area contributed by atoms with Crippen LogP contribution in [0.15, 0.2) is 35.3 Å². The smallest absolute Gasteiger partial charge is 0.225 e. The van der Waals surface area contributed by atoms with Crippen LogP contribution in [0.3, 0.4) is 0 Å². The van der Waals surface area contributed by atoms with Gasteiger partial charge in [0.25, 0.3) is 0 Å². The predicted molar refractivity (Wildman–Crippen MR) is 94.2 cm³/mol. The third-order valence-corrected chi connectivity index (χ3v) is 4.82.